The highest BCUT2D eigenvalue weighted by Gasteiger charge is 2.08. The molecular formula is C19H15N3O. The largest absolute Gasteiger partial charge is 0.353 e. The third kappa shape index (κ3) is 2.66. The number of amides is 1. The summed E-state index contributed by atoms with van der Waals surface area (Å²) in [7, 11) is 0. The summed E-state index contributed by atoms with van der Waals surface area (Å²) in [5.41, 5.74) is 3.02. The van der Waals surface area contributed by atoms with Crippen LogP contribution in [0, 0.1) is 0 Å². The Morgan fingerprint density at radius 2 is 1.74 bits per heavy atom. The first-order valence-corrected chi connectivity index (χ1v) is 7.50. The number of aromatic nitrogens is 2. The van der Waals surface area contributed by atoms with Gasteiger partial charge in [-0.25, -0.2) is 4.98 Å². The summed E-state index contributed by atoms with van der Waals surface area (Å²) in [6.45, 7) is 0. The molecule has 1 amide bonds. The average Bonchev–Trinajstić information content (AvgIpc) is 2.94. The van der Waals surface area contributed by atoms with Crippen molar-refractivity contribution in [3.8, 4) is 0 Å². The van der Waals surface area contributed by atoms with Crippen LogP contribution in [0.2, 0.25) is 0 Å². The summed E-state index contributed by atoms with van der Waals surface area (Å²) in [5.74, 6) is 0.506. The van der Waals surface area contributed by atoms with Crippen LogP contribution in [-0.4, -0.2) is 15.9 Å². The quantitative estimate of drug-likeness (QED) is 0.603. The highest BCUT2D eigenvalue weighted by Crippen LogP contribution is 2.26. The molecular weight excluding hydrogens is 286 g/mol. The average molecular weight is 301 g/mol. The van der Waals surface area contributed by atoms with E-state index in [2.05, 4.69) is 21.4 Å². The van der Waals surface area contributed by atoms with E-state index in [1.54, 1.807) is 6.20 Å². The second kappa shape index (κ2) is 5.57. The number of anilines is 1. The molecule has 23 heavy (non-hydrogen) atoms. The van der Waals surface area contributed by atoms with Gasteiger partial charge in [-0.2, -0.15) is 0 Å². The van der Waals surface area contributed by atoms with E-state index in [0.29, 0.717) is 12.2 Å². The van der Waals surface area contributed by atoms with Crippen LogP contribution in [0.4, 0.5) is 5.82 Å². The molecule has 0 aliphatic rings. The van der Waals surface area contributed by atoms with Gasteiger partial charge in [0, 0.05) is 16.3 Å². The zero-order valence-corrected chi connectivity index (χ0v) is 12.4. The zero-order valence-electron chi connectivity index (χ0n) is 12.4. The number of carbonyl (C=O) groups excluding carboxylic acids is 1. The molecule has 4 aromatic rings. The molecule has 0 saturated carbocycles. The molecule has 112 valence electrons. The molecule has 2 N–H and O–H groups in total. The lowest BCUT2D eigenvalue weighted by molar-refractivity contribution is -0.115. The molecule has 0 bridgehead atoms. The fraction of sp³-hybridized carbons (Fsp3) is 0.0526. The molecule has 0 aliphatic heterocycles. The molecule has 4 heteroatoms. The van der Waals surface area contributed by atoms with Crippen LogP contribution in [0.5, 0.6) is 0 Å². The Labute approximate surface area is 133 Å². The molecule has 4 rings (SSSR count). The molecule has 0 spiro atoms. The highest BCUT2D eigenvalue weighted by atomic mass is 16.1. The Kier molecular flexibility index (Phi) is 3.27. The number of fused-ring (bicyclic) bond motifs is 3. The number of carbonyl (C=O) groups is 1. The maximum atomic E-state index is 12.2. The summed E-state index contributed by atoms with van der Waals surface area (Å²) in [5, 5.41) is 5.06. The van der Waals surface area contributed by atoms with E-state index < -0.39 is 0 Å². The minimum Gasteiger partial charge on any atom is -0.353 e. The number of pyridine rings is 1. The number of hydrogen-bond acceptors (Lipinski definition) is 2. The van der Waals surface area contributed by atoms with Gasteiger partial charge in [-0.3, -0.25) is 4.79 Å². The third-order valence-corrected chi connectivity index (χ3v) is 3.87. The summed E-state index contributed by atoms with van der Waals surface area (Å²) in [6.07, 6.45) is 2.10. The smallest absolute Gasteiger partial charge is 0.229 e. The Hall–Kier alpha value is -3.14. The Bertz CT molecular complexity index is 989. The molecule has 0 radical (unpaired) electrons. The number of H-pyrrole nitrogens is 1. The predicted molar refractivity (Wildman–Crippen MR) is 92.4 cm³/mol. The van der Waals surface area contributed by atoms with Gasteiger partial charge < -0.3 is 10.3 Å². The van der Waals surface area contributed by atoms with Crippen molar-refractivity contribution in [2.75, 3.05) is 5.32 Å². The minimum atomic E-state index is -0.0668. The first-order valence-electron chi connectivity index (χ1n) is 7.50. The van der Waals surface area contributed by atoms with E-state index >= 15 is 0 Å². The van der Waals surface area contributed by atoms with Gasteiger partial charge in [0.15, 0.2) is 0 Å². The van der Waals surface area contributed by atoms with E-state index in [4.69, 9.17) is 0 Å². The molecule has 0 saturated heterocycles. The first kappa shape index (κ1) is 13.5. The number of hydrogen-bond donors (Lipinski definition) is 2. The normalized spacial score (nSPS) is 11.0. The van der Waals surface area contributed by atoms with Crippen LogP contribution < -0.4 is 5.32 Å². The predicted octanol–water partition coefficient (Wildman–Crippen LogP) is 3.90. The van der Waals surface area contributed by atoms with Crippen molar-refractivity contribution in [2.45, 2.75) is 6.42 Å². The van der Waals surface area contributed by atoms with Crippen LogP contribution in [0.1, 0.15) is 5.56 Å². The van der Waals surface area contributed by atoms with Gasteiger partial charge in [-0.05, 0) is 17.7 Å². The van der Waals surface area contributed by atoms with Crippen molar-refractivity contribution in [1.29, 1.82) is 0 Å². The fourth-order valence-corrected chi connectivity index (χ4v) is 2.79. The summed E-state index contributed by atoms with van der Waals surface area (Å²) >= 11 is 0. The second-order valence-corrected chi connectivity index (χ2v) is 5.50. The van der Waals surface area contributed by atoms with E-state index in [-0.39, 0.29) is 5.91 Å². The van der Waals surface area contributed by atoms with Crippen molar-refractivity contribution in [1.82, 2.24) is 9.97 Å². The highest BCUT2D eigenvalue weighted by molar-refractivity contribution is 6.08. The third-order valence-electron chi connectivity index (χ3n) is 3.87. The molecule has 4 nitrogen and oxygen atoms in total. The van der Waals surface area contributed by atoms with Crippen LogP contribution in [0.3, 0.4) is 0 Å². The summed E-state index contributed by atoms with van der Waals surface area (Å²) in [4.78, 5) is 19.8. The van der Waals surface area contributed by atoms with Gasteiger partial charge in [0.1, 0.15) is 5.82 Å². The molecule has 2 heterocycles. The molecule has 2 aromatic heterocycles. The van der Waals surface area contributed by atoms with Crippen LogP contribution in [-0.2, 0) is 11.2 Å². The van der Waals surface area contributed by atoms with Crippen molar-refractivity contribution < 1.29 is 4.79 Å². The lowest BCUT2D eigenvalue weighted by Gasteiger charge is -2.04. The van der Waals surface area contributed by atoms with Crippen molar-refractivity contribution in [3.05, 3.63) is 72.4 Å². The number of nitrogens with zero attached hydrogens (tertiary/aromatic N) is 1. The Morgan fingerprint density at radius 1 is 0.957 bits per heavy atom. The van der Waals surface area contributed by atoms with Gasteiger partial charge >= 0.3 is 0 Å². The lowest BCUT2D eigenvalue weighted by atomic mass is 10.1. The maximum absolute atomic E-state index is 12.2. The topological polar surface area (TPSA) is 57.8 Å². The molecule has 2 aromatic carbocycles. The number of nitrogens with one attached hydrogen (secondary N) is 2. The molecule has 0 fully saturated rings. The maximum Gasteiger partial charge on any atom is 0.229 e. The Balaban J connectivity index is 1.61. The van der Waals surface area contributed by atoms with Crippen LogP contribution in [0.15, 0.2) is 66.9 Å². The SMILES string of the molecule is O=C(Cc1ccccc1)Nc1cc2c(cn1)[nH]c1ccccc12. The minimum absolute atomic E-state index is 0.0668. The van der Waals surface area contributed by atoms with E-state index in [1.165, 1.54) is 0 Å². The van der Waals surface area contributed by atoms with Gasteiger partial charge in [0.05, 0.1) is 18.1 Å². The number of benzene rings is 2. The van der Waals surface area contributed by atoms with Crippen molar-refractivity contribution in [2.24, 2.45) is 0 Å². The van der Waals surface area contributed by atoms with Crippen LogP contribution >= 0.6 is 0 Å². The van der Waals surface area contributed by atoms with E-state index in [1.807, 2.05) is 54.6 Å². The van der Waals surface area contributed by atoms with Gasteiger partial charge in [-0.15, -0.1) is 0 Å². The van der Waals surface area contributed by atoms with Crippen molar-refractivity contribution in [3.63, 3.8) is 0 Å². The van der Waals surface area contributed by atoms with E-state index in [9.17, 15) is 4.79 Å². The van der Waals surface area contributed by atoms with Crippen molar-refractivity contribution >= 4 is 33.5 Å². The number of aromatic amines is 1. The Morgan fingerprint density at radius 3 is 2.61 bits per heavy atom. The van der Waals surface area contributed by atoms with Gasteiger partial charge in [-0.1, -0.05) is 48.5 Å². The number of rotatable bonds is 3. The van der Waals surface area contributed by atoms with Gasteiger partial charge in [0.25, 0.3) is 0 Å². The molecule has 0 atom stereocenters. The zero-order chi connectivity index (χ0) is 15.6. The molecule has 0 aliphatic carbocycles. The summed E-state index contributed by atoms with van der Waals surface area (Å²) in [6, 6.07) is 19.7. The van der Waals surface area contributed by atoms with E-state index in [0.717, 1.165) is 27.4 Å². The molecule has 0 unspecified atom stereocenters. The number of para-hydroxylation sites is 1. The monoisotopic (exact) mass is 301 g/mol. The standard InChI is InChI=1S/C19H15N3O/c23-19(10-13-6-2-1-3-7-13)22-18-11-15-14-8-4-5-9-16(14)21-17(15)12-20-18/h1-9,11-12,21H,10H2,(H,20,22,23). The van der Waals surface area contributed by atoms with Crippen LogP contribution in [0.25, 0.3) is 21.8 Å². The second-order valence-electron chi connectivity index (χ2n) is 5.50. The first-order chi connectivity index (χ1) is 11.3. The summed E-state index contributed by atoms with van der Waals surface area (Å²) < 4.78 is 0. The van der Waals surface area contributed by atoms with Gasteiger partial charge in [0.2, 0.25) is 5.91 Å². The lowest BCUT2D eigenvalue weighted by Crippen LogP contribution is -2.15. The fourth-order valence-electron chi connectivity index (χ4n) is 2.79.